The molecule has 0 spiro atoms. The van der Waals surface area contributed by atoms with Gasteiger partial charge in [-0.3, -0.25) is 9.36 Å². The average Bonchev–Trinajstić information content (AvgIpc) is 2.46. The van der Waals surface area contributed by atoms with Crippen molar-refractivity contribution < 1.29 is 35.5 Å². The molecular formula is C13H5BrClF7N2O2. The average molecular weight is 470 g/mol. The Labute approximate surface area is 153 Å². The van der Waals surface area contributed by atoms with E-state index >= 15 is 0 Å². The van der Waals surface area contributed by atoms with Crippen LogP contribution in [0.25, 0.3) is 5.69 Å². The molecule has 0 aliphatic heterocycles. The van der Waals surface area contributed by atoms with Crippen LogP contribution in [0, 0.1) is 0 Å². The quantitative estimate of drug-likeness (QED) is 0.598. The molecular weight excluding hydrogens is 464 g/mol. The summed E-state index contributed by atoms with van der Waals surface area (Å²) < 4.78 is 92.1. The van der Waals surface area contributed by atoms with E-state index in [-0.39, 0.29) is 16.2 Å². The molecule has 1 heterocycles. The first kappa shape index (κ1) is 20.5. The summed E-state index contributed by atoms with van der Waals surface area (Å²) in [6, 6.07) is 1.70. The van der Waals surface area contributed by atoms with Crippen LogP contribution in [-0.4, -0.2) is 22.1 Å². The van der Waals surface area contributed by atoms with Crippen LogP contribution in [0.5, 0.6) is 5.75 Å². The molecule has 1 aromatic carbocycles. The van der Waals surface area contributed by atoms with Crippen LogP contribution in [0.4, 0.5) is 30.7 Å². The summed E-state index contributed by atoms with van der Waals surface area (Å²) in [5, 5.41) is -0.442. The van der Waals surface area contributed by atoms with Gasteiger partial charge in [0, 0.05) is 16.6 Å². The molecule has 1 aromatic heterocycles. The van der Waals surface area contributed by atoms with E-state index in [4.69, 9.17) is 11.6 Å². The first-order valence-electron chi connectivity index (χ1n) is 6.33. The van der Waals surface area contributed by atoms with Gasteiger partial charge < -0.3 is 4.74 Å². The lowest BCUT2D eigenvalue weighted by atomic mass is 10.3. The van der Waals surface area contributed by atoms with Crippen molar-refractivity contribution in [1.29, 1.82) is 0 Å². The Bertz CT molecular complexity index is 863. The maximum atomic E-state index is 12.9. The van der Waals surface area contributed by atoms with Crippen LogP contribution in [-0.2, 0) is 6.18 Å². The molecule has 0 radical (unpaired) electrons. The molecule has 0 bridgehead atoms. The number of hydrogen-bond donors (Lipinski definition) is 0. The van der Waals surface area contributed by atoms with E-state index < -0.39 is 40.7 Å². The van der Waals surface area contributed by atoms with Crippen molar-refractivity contribution in [3.63, 3.8) is 0 Å². The number of aromatic nitrogens is 2. The minimum absolute atomic E-state index is 0.186. The summed E-state index contributed by atoms with van der Waals surface area (Å²) in [4.78, 5) is 15.0. The second-order valence-corrected chi connectivity index (χ2v) is 5.94. The zero-order valence-electron chi connectivity index (χ0n) is 12.0. The highest BCUT2D eigenvalue weighted by Crippen LogP contribution is 2.36. The van der Waals surface area contributed by atoms with Crippen molar-refractivity contribution in [3.8, 4) is 11.4 Å². The van der Waals surface area contributed by atoms with Gasteiger partial charge in [-0.05, 0) is 22.0 Å². The fraction of sp³-hybridized carbons (Fsp3) is 0.231. The predicted octanol–water partition coefficient (Wildman–Crippen LogP) is 4.90. The Hall–Kier alpha value is -1.82. The van der Waals surface area contributed by atoms with Crippen LogP contribution < -0.4 is 10.3 Å². The first-order valence-corrected chi connectivity index (χ1v) is 7.50. The van der Waals surface area contributed by atoms with E-state index in [9.17, 15) is 35.5 Å². The fourth-order valence-electron chi connectivity index (χ4n) is 1.76. The summed E-state index contributed by atoms with van der Waals surface area (Å²) in [5.74, 6) is -0.760. The second-order valence-electron chi connectivity index (χ2n) is 4.68. The Morgan fingerprint density at radius 3 is 2.23 bits per heavy atom. The van der Waals surface area contributed by atoms with Gasteiger partial charge in [0.05, 0.1) is 10.7 Å². The highest BCUT2D eigenvalue weighted by Gasteiger charge is 2.44. The van der Waals surface area contributed by atoms with Crippen molar-refractivity contribution in [2.24, 2.45) is 0 Å². The highest BCUT2D eigenvalue weighted by molar-refractivity contribution is 9.10. The number of benzene rings is 1. The molecule has 2 aromatic rings. The number of hydrogen-bond acceptors (Lipinski definition) is 3. The maximum Gasteiger partial charge on any atom is 0.461 e. The van der Waals surface area contributed by atoms with Gasteiger partial charge >= 0.3 is 18.7 Å². The lowest BCUT2D eigenvalue weighted by Crippen LogP contribution is -2.33. The molecule has 142 valence electrons. The highest BCUT2D eigenvalue weighted by atomic mass is 79.9. The molecule has 0 saturated carbocycles. The molecule has 26 heavy (non-hydrogen) atoms. The van der Waals surface area contributed by atoms with E-state index in [0.29, 0.717) is 17.0 Å². The lowest BCUT2D eigenvalue weighted by molar-refractivity contribution is -0.253. The number of rotatable bonds is 4. The van der Waals surface area contributed by atoms with E-state index in [1.165, 1.54) is 0 Å². The Morgan fingerprint density at radius 1 is 1.15 bits per heavy atom. The van der Waals surface area contributed by atoms with Gasteiger partial charge in [0.2, 0.25) is 0 Å². The molecule has 2 rings (SSSR count). The zero-order chi connectivity index (χ0) is 19.9. The number of halogens is 9. The molecule has 0 amide bonds. The Morgan fingerprint density at radius 2 is 1.77 bits per heavy atom. The van der Waals surface area contributed by atoms with Gasteiger partial charge in [-0.1, -0.05) is 11.6 Å². The Balaban J connectivity index is 2.48. The summed E-state index contributed by atoms with van der Waals surface area (Å²) in [5.41, 5.74) is -2.85. The van der Waals surface area contributed by atoms with Gasteiger partial charge in [-0.15, -0.1) is 0 Å². The van der Waals surface area contributed by atoms with Crippen LogP contribution >= 0.6 is 27.5 Å². The van der Waals surface area contributed by atoms with Gasteiger partial charge in [0.15, 0.2) is 5.69 Å². The molecule has 0 aliphatic carbocycles. The van der Waals surface area contributed by atoms with Gasteiger partial charge in [-0.25, -0.2) is 4.98 Å². The van der Waals surface area contributed by atoms with Gasteiger partial charge in [-0.2, -0.15) is 30.7 Å². The zero-order valence-corrected chi connectivity index (χ0v) is 14.3. The summed E-state index contributed by atoms with van der Waals surface area (Å²) in [6.45, 7) is 0. The van der Waals surface area contributed by atoms with Crippen molar-refractivity contribution in [1.82, 2.24) is 9.55 Å². The normalized spacial score (nSPS) is 12.5. The smallest absolute Gasteiger partial charge is 0.428 e. The summed E-state index contributed by atoms with van der Waals surface area (Å²) in [7, 11) is 0. The fourth-order valence-corrected chi connectivity index (χ4v) is 2.80. The SMILES string of the molecule is O=c1cc(C(F)(F)F)ncn1-c1c(Cl)cc(OC(F)(F)C(F)F)cc1Br. The molecule has 4 nitrogen and oxygen atoms in total. The maximum absolute atomic E-state index is 12.9. The van der Waals surface area contributed by atoms with E-state index in [1.807, 2.05) is 0 Å². The second kappa shape index (κ2) is 7.06. The van der Waals surface area contributed by atoms with Crippen molar-refractivity contribution in [2.45, 2.75) is 18.7 Å². The molecule has 0 saturated heterocycles. The lowest BCUT2D eigenvalue weighted by Gasteiger charge is -2.18. The van der Waals surface area contributed by atoms with Crippen molar-refractivity contribution in [3.05, 3.63) is 50.1 Å². The summed E-state index contributed by atoms with van der Waals surface area (Å²) in [6.07, 6.45) is -13.2. The third-order valence-corrected chi connectivity index (χ3v) is 3.73. The number of ether oxygens (including phenoxy) is 1. The standard InChI is InChI=1S/C13H5BrClF7N2O2/c14-6-1-5(26-13(21,22)11(16)17)2-7(15)10(6)24-4-23-8(3-9(24)25)12(18,19)20/h1-4,11H. The molecule has 13 heteroatoms. The topological polar surface area (TPSA) is 44.1 Å². The first-order chi connectivity index (χ1) is 11.8. The minimum atomic E-state index is -4.85. The predicted molar refractivity (Wildman–Crippen MR) is 79.1 cm³/mol. The van der Waals surface area contributed by atoms with Gasteiger partial charge in [0.1, 0.15) is 12.1 Å². The number of alkyl halides is 7. The van der Waals surface area contributed by atoms with Crippen LogP contribution in [0.2, 0.25) is 5.02 Å². The van der Waals surface area contributed by atoms with E-state index in [1.54, 1.807) is 0 Å². The van der Waals surface area contributed by atoms with E-state index in [0.717, 1.165) is 6.07 Å². The van der Waals surface area contributed by atoms with Crippen LogP contribution in [0.3, 0.4) is 0 Å². The van der Waals surface area contributed by atoms with Crippen molar-refractivity contribution in [2.75, 3.05) is 0 Å². The number of nitrogens with zero attached hydrogens (tertiary/aromatic N) is 2. The molecule has 0 atom stereocenters. The Kier molecular flexibility index (Phi) is 5.57. The van der Waals surface area contributed by atoms with Crippen LogP contribution in [0.15, 0.2) is 33.8 Å². The molecule has 0 unspecified atom stereocenters. The van der Waals surface area contributed by atoms with E-state index in [2.05, 4.69) is 25.7 Å². The largest absolute Gasteiger partial charge is 0.461 e. The third kappa shape index (κ3) is 4.29. The third-order valence-electron chi connectivity index (χ3n) is 2.84. The van der Waals surface area contributed by atoms with Gasteiger partial charge in [0.25, 0.3) is 5.56 Å². The minimum Gasteiger partial charge on any atom is -0.428 e. The van der Waals surface area contributed by atoms with Crippen LogP contribution in [0.1, 0.15) is 5.69 Å². The molecule has 0 N–H and O–H groups in total. The molecule has 0 fully saturated rings. The molecule has 0 aliphatic rings. The van der Waals surface area contributed by atoms with Crippen molar-refractivity contribution >= 4 is 27.5 Å². The summed E-state index contributed by atoms with van der Waals surface area (Å²) >= 11 is 8.69. The monoisotopic (exact) mass is 468 g/mol.